The van der Waals surface area contributed by atoms with Crippen molar-refractivity contribution in [2.75, 3.05) is 19.0 Å². The van der Waals surface area contributed by atoms with E-state index < -0.39 is 13.0 Å². The fourth-order valence-electron chi connectivity index (χ4n) is 2.37. The van der Waals surface area contributed by atoms with Crippen LogP contribution in [0.4, 0.5) is 8.78 Å². The molecule has 1 rings (SSSR count). The van der Waals surface area contributed by atoms with Gasteiger partial charge >= 0.3 is 0 Å². The van der Waals surface area contributed by atoms with Crippen molar-refractivity contribution in [1.29, 1.82) is 0 Å². The molecule has 17 heavy (non-hydrogen) atoms. The minimum absolute atomic E-state index is 0.183. The Bertz CT molecular complexity index is 233. The van der Waals surface area contributed by atoms with Crippen LogP contribution in [0.5, 0.6) is 0 Å². The topological polar surface area (TPSA) is 20.3 Å². The van der Waals surface area contributed by atoms with Crippen LogP contribution in [-0.2, 0) is 4.79 Å². The summed E-state index contributed by atoms with van der Waals surface area (Å²) >= 11 is 5.51. The van der Waals surface area contributed by atoms with Crippen molar-refractivity contribution in [1.82, 2.24) is 4.90 Å². The van der Waals surface area contributed by atoms with E-state index in [0.717, 1.165) is 6.42 Å². The highest BCUT2D eigenvalue weighted by atomic mass is 35.5. The molecular weight excluding hydrogens is 248 g/mol. The van der Waals surface area contributed by atoms with Crippen molar-refractivity contribution in [3.63, 3.8) is 0 Å². The van der Waals surface area contributed by atoms with E-state index in [-0.39, 0.29) is 18.3 Å². The van der Waals surface area contributed by atoms with Gasteiger partial charge in [0.15, 0.2) is 0 Å². The van der Waals surface area contributed by atoms with Crippen LogP contribution in [0.1, 0.15) is 38.5 Å². The molecule has 2 nitrogen and oxygen atoms in total. The lowest BCUT2D eigenvalue weighted by atomic mass is 10.0. The lowest BCUT2D eigenvalue weighted by Crippen LogP contribution is -2.36. The summed E-state index contributed by atoms with van der Waals surface area (Å²) in [5.74, 6) is 0.642. The largest absolute Gasteiger partial charge is 0.336 e. The molecule has 0 spiro atoms. The normalized spacial score (nSPS) is 16.7. The molecule has 0 bridgehead atoms. The molecular formula is C12H20ClF2NO. The molecule has 0 aliphatic heterocycles. The molecule has 0 atom stereocenters. The maximum absolute atomic E-state index is 12.3. The van der Waals surface area contributed by atoms with Crippen LogP contribution in [0.3, 0.4) is 0 Å². The van der Waals surface area contributed by atoms with Gasteiger partial charge in [-0.2, -0.15) is 0 Å². The first-order valence-electron chi connectivity index (χ1n) is 6.25. The summed E-state index contributed by atoms with van der Waals surface area (Å²) in [6.45, 7) is -0.272. The second kappa shape index (κ2) is 7.85. The van der Waals surface area contributed by atoms with Gasteiger partial charge < -0.3 is 4.90 Å². The second-order valence-corrected chi connectivity index (χ2v) is 4.99. The summed E-state index contributed by atoms with van der Waals surface area (Å²) in [5, 5.41) is 0. The summed E-state index contributed by atoms with van der Waals surface area (Å²) in [6.07, 6.45) is 3.57. The lowest BCUT2D eigenvalue weighted by molar-refractivity contribution is -0.133. The molecule has 5 heteroatoms. The van der Waals surface area contributed by atoms with E-state index >= 15 is 0 Å². The van der Waals surface area contributed by atoms with Crippen molar-refractivity contribution in [2.24, 2.45) is 5.92 Å². The lowest BCUT2D eigenvalue weighted by Gasteiger charge is -2.21. The van der Waals surface area contributed by atoms with Crippen LogP contribution in [0, 0.1) is 5.92 Å². The maximum Gasteiger partial charge on any atom is 0.255 e. The molecule has 1 saturated carbocycles. The Morgan fingerprint density at radius 2 is 2.00 bits per heavy atom. The fraction of sp³-hybridized carbons (Fsp3) is 0.917. The fourth-order valence-corrected chi connectivity index (χ4v) is 2.58. The Balaban J connectivity index is 2.30. The highest BCUT2D eigenvalue weighted by molar-refractivity contribution is 6.18. The third kappa shape index (κ3) is 5.66. The molecule has 1 fully saturated rings. The van der Waals surface area contributed by atoms with E-state index in [0.29, 0.717) is 12.3 Å². The molecule has 1 aliphatic rings. The van der Waals surface area contributed by atoms with Gasteiger partial charge in [0.2, 0.25) is 5.91 Å². The zero-order valence-electron chi connectivity index (χ0n) is 10.0. The first-order chi connectivity index (χ1) is 8.13. The van der Waals surface area contributed by atoms with Crippen LogP contribution >= 0.6 is 11.6 Å². The summed E-state index contributed by atoms with van der Waals surface area (Å²) in [6, 6.07) is 0. The van der Waals surface area contributed by atoms with Crippen molar-refractivity contribution in [3.05, 3.63) is 0 Å². The Hall–Kier alpha value is -0.380. The van der Waals surface area contributed by atoms with Gasteiger partial charge in [-0.3, -0.25) is 4.79 Å². The molecule has 0 saturated heterocycles. The number of carbonyl (C=O) groups is 1. The second-order valence-electron chi connectivity index (χ2n) is 4.61. The third-order valence-electron chi connectivity index (χ3n) is 3.31. The molecule has 1 aliphatic carbocycles. The number of halogens is 3. The predicted molar refractivity (Wildman–Crippen MR) is 64.5 cm³/mol. The maximum atomic E-state index is 12.3. The van der Waals surface area contributed by atoms with Crippen molar-refractivity contribution < 1.29 is 13.6 Å². The van der Waals surface area contributed by atoms with Gasteiger partial charge in [-0.25, -0.2) is 8.78 Å². The van der Waals surface area contributed by atoms with E-state index in [4.69, 9.17) is 11.6 Å². The molecule has 1 amide bonds. The van der Waals surface area contributed by atoms with Crippen LogP contribution in [0.25, 0.3) is 0 Å². The van der Waals surface area contributed by atoms with Gasteiger partial charge in [-0.05, 0) is 12.3 Å². The quantitative estimate of drug-likeness (QED) is 0.648. The standard InChI is InChI=1S/C12H20ClF2NO/c13-7-8-16(9-11(14)15)12(17)6-5-10-3-1-2-4-10/h10-11H,1-9H2. The number of amides is 1. The number of carbonyl (C=O) groups excluding carboxylic acids is 1. The minimum atomic E-state index is -2.48. The smallest absolute Gasteiger partial charge is 0.255 e. The van der Waals surface area contributed by atoms with Crippen LogP contribution in [0.15, 0.2) is 0 Å². The van der Waals surface area contributed by atoms with E-state index in [2.05, 4.69) is 0 Å². The SMILES string of the molecule is O=C(CCC1CCCC1)N(CCCl)CC(F)F. The van der Waals surface area contributed by atoms with Gasteiger partial charge in [0.1, 0.15) is 0 Å². The molecule has 0 unspecified atom stereocenters. The van der Waals surface area contributed by atoms with Crippen LogP contribution < -0.4 is 0 Å². The summed E-state index contributed by atoms with van der Waals surface area (Å²) in [5.41, 5.74) is 0. The van der Waals surface area contributed by atoms with Gasteiger partial charge in [-0.15, -0.1) is 11.6 Å². The van der Waals surface area contributed by atoms with Gasteiger partial charge in [0, 0.05) is 18.8 Å². The molecule has 0 heterocycles. The number of alkyl halides is 3. The Morgan fingerprint density at radius 1 is 1.35 bits per heavy atom. The van der Waals surface area contributed by atoms with Crippen molar-refractivity contribution in [3.8, 4) is 0 Å². The Morgan fingerprint density at radius 3 is 2.53 bits per heavy atom. The Labute approximate surface area is 106 Å². The number of hydrogen-bond acceptors (Lipinski definition) is 1. The zero-order chi connectivity index (χ0) is 12.7. The summed E-state index contributed by atoms with van der Waals surface area (Å²) in [7, 11) is 0. The molecule has 100 valence electrons. The number of rotatable bonds is 7. The minimum Gasteiger partial charge on any atom is -0.336 e. The van der Waals surface area contributed by atoms with Gasteiger partial charge in [-0.1, -0.05) is 25.7 Å². The number of nitrogens with zero attached hydrogens (tertiary/aromatic N) is 1. The molecule has 0 N–H and O–H groups in total. The first-order valence-corrected chi connectivity index (χ1v) is 6.78. The molecule has 0 aromatic heterocycles. The monoisotopic (exact) mass is 267 g/mol. The molecule has 0 radical (unpaired) electrons. The number of hydrogen-bond donors (Lipinski definition) is 0. The average Bonchev–Trinajstić information content (AvgIpc) is 2.77. The van der Waals surface area contributed by atoms with E-state index in [9.17, 15) is 13.6 Å². The zero-order valence-corrected chi connectivity index (χ0v) is 10.8. The first kappa shape index (κ1) is 14.7. The highest BCUT2D eigenvalue weighted by Crippen LogP contribution is 2.28. The molecule has 0 aromatic carbocycles. The van der Waals surface area contributed by atoms with Crippen molar-refractivity contribution in [2.45, 2.75) is 45.0 Å². The predicted octanol–water partition coefficient (Wildman–Crippen LogP) is 3.29. The summed E-state index contributed by atoms with van der Waals surface area (Å²) < 4.78 is 24.5. The Kier molecular flexibility index (Phi) is 6.78. The van der Waals surface area contributed by atoms with Gasteiger partial charge in [0.25, 0.3) is 6.43 Å². The molecule has 0 aromatic rings. The van der Waals surface area contributed by atoms with Crippen LogP contribution in [0.2, 0.25) is 0 Å². The average molecular weight is 268 g/mol. The summed E-state index contributed by atoms with van der Waals surface area (Å²) in [4.78, 5) is 12.9. The van der Waals surface area contributed by atoms with Crippen LogP contribution in [-0.4, -0.2) is 36.2 Å². The van der Waals surface area contributed by atoms with E-state index in [1.807, 2.05) is 0 Å². The van der Waals surface area contributed by atoms with E-state index in [1.54, 1.807) is 0 Å². The third-order valence-corrected chi connectivity index (χ3v) is 3.48. The van der Waals surface area contributed by atoms with Crippen molar-refractivity contribution >= 4 is 17.5 Å². The van der Waals surface area contributed by atoms with Gasteiger partial charge in [0.05, 0.1) is 6.54 Å². The van der Waals surface area contributed by atoms with E-state index in [1.165, 1.54) is 30.6 Å². The highest BCUT2D eigenvalue weighted by Gasteiger charge is 2.20.